The lowest BCUT2D eigenvalue weighted by molar-refractivity contribution is 0.596. The SMILES string of the molecule is C[C@@]1(C#N)CC=C(c2ccccc2-n2c3ccccc3c3ccc(C#N)cc32)C=C1c1cccc(-n2c3ccccc3c3ccccc32)c1. The third-order valence-electron chi connectivity index (χ3n) is 10.1. The molecule has 1 aliphatic carbocycles. The van der Waals surface area contributed by atoms with E-state index in [0.717, 1.165) is 66.5 Å². The molecule has 0 saturated heterocycles. The Bertz CT molecular complexity index is 2740. The van der Waals surface area contributed by atoms with Gasteiger partial charge in [-0.2, -0.15) is 10.5 Å². The van der Waals surface area contributed by atoms with E-state index in [-0.39, 0.29) is 0 Å². The topological polar surface area (TPSA) is 57.4 Å². The summed E-state index contributed by atoms with van der Waals surface area (Å²) in [5, 5.41) is 25.1. The summed E-state index contributed by atoms with van der Waals surface area (Å²) in [5.41, 5.74) is 10.6. The van der Waals surface area contributed by atoms with Crippen LogP contribution in [0.2, 0.25) is 0 Å². The predicted molar refractivity (Wildman–Crippen MR) is 201 cm³/mol. The molecule has 0 amide bonds. The molecule has 2 heterocycles. The summed E-state index contributed by atoms with van der Waals surface area (Å²) in [7, 11) is 0. The maximum absolute atomic E-state index is 10.6. The molecule has 0 fully saturated rings. The van der Waals surface area contributed by atoms with Gasteiger partial charge in [0.2, 0.25) is 0 Å². The summed E-state index contributed by atoms with van der Waals surface area (Å²) < 4.78 is 4.60. The van der Waals surface area contributed by atoms with Crippen LogP contribution in [0.4, 0.5) is 0 Å². The molecule has 1 aliphatic rings. The van der Waals surface area contributed by atoms with Crippen LogP contribution >= 0.6 is 0 Å². The molecule has 9 rings (SSSR count). The zero-order valence-corrected chi connectivity index (χ0v) is 26.9. The molecule has 0 unspecified atom stereocenters. The molecule has 0 spiro atoms. The first-order valence-electron chi connectivity index (χ1n) is 16.5. The molecule has 0 N–H and O–H groups in total. The van der Waals surface area contributed by atoms with Crippen molar-refractivity contribution < 1.29 is 0 Å². The molecule has 8 aromatic rings. The van der Waals surface area contributed by atoms with Gasteiger partial charge in [-0.15, -0.1) is 0 Å². The summed E-state index contributed by atoms with van der Waals surface area (Å²) in [6, 6.07) is 53.4. The van der Waals surface area contributed by atoms with E-state index in [1.165, 1.54) is 10.8 Å². The Labute approximate surface area is 284 Å². The lowest BCUT2D eigenvalue weighted by Crippen LogP contribution is -2.18. The van der Waals surface area contributed by atoms with Gasteiger partial charge in [-0.25, -0.2) is 0 Å². The van der Waals surface area contributed by atoms with Crippen LogP contribution in [0.3, 0.4) is 0 Å². The highest BCUT2D eigenvalue weighted by molar-refractivity contribution is 6.11. The summed E-state index contributed by atoms with van der Waals surface area (Å²) in [6.45, 7) is 2.04. The Morgan fingerprint density at radius 1 is 0.592 bits per heavy atom. The Morgan fingerprint density at radius 2 is 1.20 bits per heavy atom. The van der Waals surface area contributed by atoms with Gasteiger partial charge >= 0.3 is 0 Å². The van der Waals surface area contributed by atoms with Crippen LogP contribution in [-0.2, 0) is 0 Å². The number of aromatic nitrogens is 2. The molecule has 1 atom stereocenters. The number of nitrogens with zero attached hydrogens (tertiary/aromatic N) is 4. The zero-order chi connectivity index (χ0) is 33.1. The normalized spacial score (nSPS) is 16.1. The van der Waals surface area contributed by atoms with E-state index in [1.807, 2.05) is 19.1 Å². The largest absolute Gasteiger partial charge is 0.309 e. The van der Waals surface area contributed by atoms with Gasteiger partial charge in [0.05, 0.1) is 50.9 Å². The molecular formula is C45H30N4. The summed E-state index contributed by atoms with van der Waals surface area (Å²) in [6.07, 6.45) is 5.01. The van der Waals surface area contributed by atoms with Gasteiger partial charge in [0, 0.05) is 32.8 Å². The van der Waals surface area contributed by atoms with Crippen molar-refractivity contribution in [2.45, 2.75) is 13.3 Å². The van der Waals surface area contributed by atoms with Gasteiger partial charge in [0.15, 0.2) is 0 Å². The van der Waals surface area contributed by atoms with Gasteiger partial charge in [-0.05, 0) is 84.7 Å². The summed E-state index contributed by atoms with van der Waals surface area (Å²) in [4.78, 5) is 0. The van der Waals surface area contributed by atoms with Crippen LogP contribution in [0, 0.1) is 28.1 Å². The third-order valence-corrected chi connectivity index (χ3v) is 10.1. The van der Waals surface area contributed by atoms with E-state index in [0.29, 0.717) is 12.0 Å². The van der Waals surface area contributed by atoms with Crippen molar-refractivity contribution >= 4 is 54.8 Å². The minimum absolute atomic E-state index is 0.588. The van der Waals surface area contributed by atoms with Crippen LogP contribution in [0.5, 0.6) is 0 Å². The fourth-order valence-corrected chi connectivity index (χ4v) is 7.72. The van der Waals surface area contributed by atoms with Crippen LogP contribution in [0.1, 0.15) is 30.0 Å². The van der Waals surface area contributed by atoms with Gasteiger partial charge in [0.25, 0.3) is 0 Å². The monoisotopic (exact) mass is 626 g/mol. The number of hydrogen-bond acceptors (Lipinski definition) is 2. The highest BCUT2D eigenvalue weighted by atomic mass is 15.0. The second-order valence-corrected chi connectivity index (χ2v) is 13.0. The second kappa shape index (κ2) is 11.0. The first kappa shape index (κ1) is 28.6. The molecule has 230 valence electrons. The minimum atomic E-state index is -0.702. The Morgan fingerprint density at radius 3 is 1.88 bits per heavy atom. The molecule has 0 saturated carbocycles. The number of benzene rings is 6. The molecule has 4 nitrogen and oxygen atoms in total. The first-order chi connectivity index (χ1) is 24.1. The molecule has 49 heavy (non-hydrogen) atoms. The van der Waals surface area contributed by atoms with E-state index >= 15 is 0 Å². The van der Waals surface area contributed by atoms with Crippen LogP contribution < -0.4 is 0 Å². The summed E-state index contributed by atoms with van der Waals surface area (Å²) in [5.74, 6) is 0. The van der Waals surface area contributed by atoms with Crippen molar-refractivity contribution in [3.63, 3.8) is 0 Å². The van der Waals surface area contributed by atoms with Crippen molar-refractivity contribution in [1.82, 2.24) is 9.13 Å². The lowest BCUT2D eigenvalue weighted by Gasteiger charge is -2.29. The lowest BCUT2D eigenvalue weighted by atomic mass is 9.72. The van der Waals surface area contributed by atoms with Gasteiger partial charge in [0.1, 0.15) is 0 Å². The number of rotatable bonds is 4. The Kier molecular flexibility index (Phi) is 6.41. The average molecular weight is 627 g/mol. The smallest absolute Gasteiger partial charge is 0.0992 e. The average Bonchev–Trinajstić information content (AvgIpc) is 3.67. The van der Waals surface area contributed by atoms with Crippen molar-refractivity contribution in [2.24, 2.45) is 5.41 Å². The van der Waals surface area contributed by atoms with E-state index in [4.69, 9.17) is 0 Å². The minimum Gasteiger partial charge on any atom is -0.309 e. The number of para-hydroxylation sites is 4. The Hall–Kier alpha value is -6.62. The maximum atomic E-state index is 10.6. The molecule has 4 heteroatoms. The quantitative estimate of drug-likeness (QED) is 0.195. The van der Waals surface area contributed by atoms with Crippen LogP contribution in [0.25, 0.3) is 66.1 Å². The fraction of sp³-hybridized carbons (Fsp3) is 0.0667. The molecule has 0 aliphatic heterocycles. The number of allylic oxidation sites excluding steroid dienone is 4. The molecule has 0 bridgehead atoms. The maximum Gasteiger partial charge on any atom is 0.0992 e. The Balaban J connectivity index is 1.23. The van der Waals surface area contributed by atoms with E-state index in [2.05, 4.69) is 161 Å². The predicted octanol–water partition coefficient (Wildman–Crippen LogP) is 11.2. The van der Waals surface area contributed by atoms with E-state index in [9.17, 15) is 10.5 Å². The number of fused-ring (bicyclic) bond motifs is 6. The number of nitriles is 2. The second-order valence-electron chi connectivity index (χ2n) is 13.0. The van der Waals surface area contributed by atoms with Crippen molar-refractivity contribution in [3.8, 4) is 23.5 Å². The van der Waals surface area contributed by atoms with Crippen molar-refractivity contribution in [2.75, 3.05) is 0 Å². The van der Waals surface area contributed by atoms with Crippen LogP contribution in [0.15, 0.2) is 152 Å². The summed E-state index contributed by atoms with van der Waals surface area (Å²) >= 11 is 0. The molecular weight excluding hydrogens is 597 g/mol. The first-order valence-corrected chi connectivity index (χ1v) is 16.5. The fourth-order valence-electron chi connectivity index (χ4n) is 7.72. The number of hydrogen-bond donors (Lipinski definition) is 0. The third kappa shape index (κ3) is 4.36. The highest BCUT2D eigenvalue weighted by Crippen LogP contribution is 2.46. The molecule has 2 aromatic heterocycles. The van der Waals surface area contributed by atoms with Gasteiger partial charge < -0.3 is 9.13 Å². The van der Waals surface area contributed by atoms with Crippen molar-refractivity contribution in [3.05, 3.63) is 168 Å². The van der Waals surface area contributed by atoms with Crippen LogP contribution in [-0.4, -0.2) is 9.13 Å². The van der Waals surface area contributed by atoms with Gasteiger partial charge in [-0.3, -0.25) is 0 Å². The van der Waals surface area contributed by atoms with E-state index in [1.54, 1.807) is 0 Å². The molecule has 0 radical (unpaired) electrons. The zero-order valence-electron chi connectivity index (χ0n) is 26.9. The highest BCUT2D eigenvalue weighted by Gasteiger charge is 2.33. The van der Waals surface area contributed by atoms with E-state index < -0.39 is 5.41 Å². The standard InChI is InChI=1S/C45H30N4/c1-45(29-47)24-23-31(34-13-2-6-17-40(34)49-43-20-9-5-16-37(43)38-22-21-30(28-46)25-44(38)49)27-39(45)32-11-10-12-33(26-32)48-41-18-7-3-14-35(41)36-15-4-8-19-42(36)48/h2-23,25-27H,24H2,1H3/t45-/m0/s1. The van der Waals surface area contributed by atoms with Gasteiger partial charge in [-0.1, -0.05) is 97.1 Å². The van der Waals surface area contributed by atoms with Crippen molar-refractivity contribution in [1.29, 1.82) is 10.5 Å². The molecule has 6 aromatic carbocycles.